The lowest BCUT2D eigenvalue weighted by atomic mass is 10.1. The fraction of sp³-hybridized carbons (Fsp3) is 0.615. The van der Waals surface area contributed by atoms with Gasteiger partial charge in [-0.2, -0.15) is 5.10 Å². The number of urea groups is 1. The predicted octanol–water partition coefficient (Wildman–Crippen LogP) is 1.43. The van der Waals surface area contributed by atoms with Gasteiger partial charge in [0.15, 0.2) is 6.04 Å². The minimum absolute atomic E-state index is 0.445. The van der Waals surface area contributed by atoms with Crippen molar-refractivity contribution in [2.24, 2.45) is 7.05 Å². The molecule has 0 radical (unpaired) electrons. The maximum Gasteiger partial charge on any atom is 0.331 e. The molecule has 0 spiro atoms. The van der Waals surface area contributed by atoms with Crippen LogP contribution in [-0.2, 0) is 11.8 Å². The van der Waals surface area contributed by atoms with Crippen LogP contribution in [0.1, 0.15) is 44.2 Å². The zero-order valence-electron chi connectivity index (χ0n) is 11.9. The van der Waals surface area contributed by atoms with Crippen LogP contribution in [0.3, 0.4) is 0 Å². The van der Waals surface area contributed by atoms with E-state index in [1.807, 2.05) is 0 Å². The molecule has 0 aliphatic heterocycles. The van der Waals surface area contributed by atoms with Gasteiger partial charge in [0.1, 0.15) is 0 Å². The molecular weight excluding hydrogens is 260 g/mol. The molecule has 0 aromatic carbocycles. The van der Waals surface area contributed by atoms with Crippen LogP contribution in [0.4, 0.5) is 4.79 Å². The molecule has 1 aromatic heterocycles. The van der Waals surface area contributed by atoms with Crippen LogP contribution in [0.5, 0.6) is 0 Å². The van der Waals surface area contributed by atoms with E-state index in [-0.39, 0.29) is 0 Å². The number of unbranched alkanes of at least 4 members (excludes halogenated alkanes) is 3. The summed E-state index contributed by atoms with van der Waals surface area (Å²) in [6.07, 6.45) is 7.22. The lowest BCUT2D eigenvalue weighted by Crippen LogP contribution is -2.41. The first-order valence-corrected chi connectivity index (χ1v) is 6.80. The topological polar surface area (TPSA) is 96.2 Å². The normalized spacial score (nSPS) is 11.9. The van der Waals surface area contributed by atoms with Crippen LogP contribution in [0.25, 0.3) is 0 Å². The molecule has 0 aliphatic rings. The highest BCUT2D eigenvalue weighted by Crippen LogP contribution is 2.11. The molecule has 0 bridgehead atoms. The van der Waals surface area contributed by atoms with Gasteiger partial charge in [0, 0.05) is 25.4 Å². The molecule has 0 saturated heterocycles. The molecule has 3 N–H and O–H groups in total. The number of nitrogens with one attached hydrogen (secondary N) is 2. The van der Waals surface area contributed by atoms with Gasteiger partial charge in [-0.3, -0.25) is 4.68 Å². The van der Waals surface area contributed by atoms with Crippen LogP contribution in [-0.4, -0.2) is 33.4 Å². The maximum absolute atomic E-state index is 11.7. The molecule has 1 unspecified atom stereocenters. The summed E-state index contributed by atoms with van der Waals surface area (Å²) in [5.74, 6) is -1.11. The SMILES string of the molecule is CCCCCCNC(=O)NC(C(=O)O)c1cnn(C)c1. The van der Waals surface area contributed by atoms with Crippen molar-refractivity contribution >= 4 is 12.0 Å². The number of carboxylic acid groups (broad SMARTS) is 1. The number of aryl methyl sites for hydroxylation is 1. The van der Waals surface area contributed by atoms with Crippen LogP contribution in [0.15, 0.2) is 12.4 Å². The maximum atomic E-state index is 11.7. The molecule has 0 saturated carbocycles. The Morgan fingerprint density at radius 3 is 2.70 bits per heavy atom. The number of nitrogens with zero attached hydrogens (tertiary/aromatic N) is 2. The van der Waals surface area contributed by atoms with Crippen LogP contribution >= 0.6 is 0 Å². The number of aromatic nitrogens is 2. The molecule has 1 aromatic rings. The Labute approximate surface area is 118 Å². The summed E-state index contributed by atoms with van der Waals surface area (Å²) in [5, 5.41) is 18.1. The van der Waals surface area contributed by atoms with Gasteiger partial charge in [0.05, 0.1) is 6.20 Å². The summed E-state index contributed by atoms with van der Waals surface area (Å²) in [6, 6.07) is -1.56. The lowest BCUT2D eigenvalue weighted by molar-refractivity contribution is -0.139. The van der Waals surface area contributed by atoms with Gasteiger partial charge in [-0.1, -0.05) is 26.2 Å². The van der Waals surface area contributed by atoms with E-state index < -0.39 is 18.0 Å². The Bertz CT molecular complexity index is 445. The first-order valence-electron chi connectivity index (χ1n) is 6.80. The largest absolute Gasteiger partial charge is 0.479 e. The molecule has 2 amide bonds. The average Bonchev–Trinajstić information content (AvgIpc) is 2.81. The summed E-state index contributed by atoms with van der Waals surface area (Å²) in [6.45, 7) is 2.66. The minimum atomic E-state index is -1.11. The number of hydrogen-bond donors (Lipinski definition) is 3. The predicted molar refractivity (Wildman–Crippen MR) is 74.3 cm³/mol. The fourth-order valence-corrected chi connectivity index (χ4v) is 1.81. The van der Waals surface area contributed by atoms with Gasteiger partial charge in [0.2, 0.25) is 0 Å². The first kappa shape index (κ1) is 16.0. The zero-order chi connectivity index (χ0) is 15.0. The van der Waals surface area contributed by atoms with Gasteiger partial charge in [-0.05, 0) is 6.42 Å². The van der Waals surface area contributed by atoms with E-state index in [4.69, 9.17) is 5.11 Å². The summed E-state index contributed by atoms with van der Waals surface area (Å²) >= 11 is 0. The summed E-state index contributed by atoms with van der Waals surface area (Å²) in [5.41, 5.74) is 0.445. The average molecular weight is 282 g/mol. The van der Waals surface area contributed by atoms with Gasteiger partial charge in [0.25, 0.3) is 0 Å². The highest BCUT2D eigenvalue weighted by molar-refractivity contribution is 5.83. The number of amides is 2. The van der Waals surface area contributed by atoms with Crippen molar-refractivity contribution in [3.05, 3.63) is 18.0 Å². The Morgan fingerprint density at radius 1 is 1.40 bits per heavy atom. The summed E-state index contributed by atoms with van der Waals surface area (Å²) in [7, 11) is 1.69. The van der Waals surface area contributed by atoms with Gasteiger partial charge >= 0.3 is 12.0 Å². The highest BCUT2D eigenvalue weighted by Gasteiger charge is 2.23. The summed E-state index contributed by atoms with van der Waals surface area (Å²) in [4.78, 5) is 22.8. The van der Waals surface area contributed by atoms with E-state index in [1.165, 1.54) is 10.9 Å². The minimum Gasteiger partial charge on any atom is -0.479 e. The van der Waals surface area contributed by atoms with E-state index in [2.05, 4.69) is 22.7 Å². The van der Waals surface area contributed by atoms with Crippen molar-refractivity contribution in [2.45, 2.75) is 38.6 Å². The van der Waals surface area contributed by atoms with E-state index in [0.29, 0.717) is 12.1 Å². The highest BCUT2D eigenvalue weighted by atomic mass is 16.4. The lowest BCUT2D eigenvalue weighted by Gasteiger charge is -2.13. The molecule has 7 nitrogen and oxygen atoms in total. The number of carboxylic acids is 1. The third-order valence-corrected chi connectivity index (χ3v) is 2.90. The molecule has 0 fully saturated rings. The third kappa shape index (κ3) is 5.29. The Hall–Kier alpha value is -2.05. The van der Waals surface area contributed by atoms with Crippen molar-refractivity contribution in [2.75, 3.05) is 6.54 Å². The van der Waals surface area contributed by atoms with E-state index in [0.717, 1.165) is 25.7 Å². The van der Waals surface area contributed by atoms with E-state index in [1.54, 1.807) is 13.2 Å². The Morgan fingerprint density at radius 2 is 2.15 bits per heavy atom. The molecule has 1 rings (SSSR count). The monoisotopic (exact) mass is 282 g/mol. The second-order valence-corrected chi connectivity index (χ2v) is 4.68. The number of carbonyl (C=O) groups excluding carboxylic acids is 1. The van der Waals surface area contributed by atoms with E-state index >= 15 is 0 Å². The van der Waals surface area contributed by atoms with E-state index in [9.17, 15) is 9.59 Å². The van der Waals surface area contributed by atoms with Crippen LogP contribution < -0.4 is 10.6 Å². The quantitative estimate of drug-likeness (QED) is 0.628. The molecular formula is C13H22N4O3. The molecule has 112 valence electrons. The first-order chi connectivity index (χ1) is 9.54. The van der Waals surface area contributed by atoms with Crippen molar-refractivity contribution < 1.29 is 14.7 Å². The van der Waals surface area contributed by atoms with Crippen molar-refractivity contribution in [3.63, 3.8) is 0 Å². The smallest absolute Gasteiger partial charge is 0.331 e. The second-order valence-electron chi connectivity index (χ2n) is 4.68. The van der Waals surface area contributed by atoms with Gasteiger partial charge in [-0.15, -0.1) is 0 Å². The number of aliphatic carboxylic acids is 1. The Kier molecular flexibility index (Phi) is 6.55. The second kappa shape index (κ2) is 8.19. The third-order valence-electron chi connectivity index (χ3n) is 2.90. The summed E-state index contributed by atoms with van der Waals surface area (Å²) < 4.78 is 1.50. The van der Waals surface area contributed by atoms with Gasteiger partial charge < -0.3 is 15.7 Å². The van der Waals surface area contributed by atoms with Crippen molar-refractivity contribution in [3.8, 4) is 0 Å². The number of rotatable bonds is 8. The fourth-order valence-electron chi connectivity index (χ4n) is 1.81. The van der Waals surface area contributed by atoms with Crippen molar-refractivity contribution in [1.82, 2.24) is 20.4 Å². The standard InChI is InChI=1S/C13H22N4O3/c1-3-4-5-6-7-14-13(20)16-11(12(18)19)10-8-15-17(2)9-10/h8-9,11H,3-7H2,1-2H3,(H,18,19)(H2,14,16,20). The molecule has 0 aliphatic carbocycles. The molecule has 7 heteroatoms. The zero-order valence-corrected chi connectivity index (χ0v) is 11.9. The molecule has 1 atom stereocenters. The van der Waals surface area contributed by atoms with Crippen LogP contribution in [0.2, 0.25) is 0 Å². The Balaban J connectivity index is 2.42. The number of carbonyl (C=O) groups is 2. The molecule has 20 heavy (non-hydrogen) atoms. The van der Waals surface area contributed by atoms with Crippen molar-refractivity contribution in [1.29, 1.82) is 0 Å². The molecule has 1 heterocycles. The van der Waals surface area contributed by atoms with Gasteiger partial charge in [-0.25, -0.2) is 9.59 Å². The van der Waals surface area contributed by atoms with Crippen LogP contribution in [0, 0.1) is 0 Å². The number of hydrogen-bond acceptors (Lipinski definition) is 3.